The van der Waals surface area contributed by atoms with Gasteiger partial charge in [-0.1, -0.05) is 30.3 Å². The van der Waals surface area contributed by atoms with Crippen LogP contribution in [0, 0.1) is 12.8 Å². The van der Waals surface area contributed by atoms with Crippen molar-refractivity contribution in [2.24, 2.45) is 5.92 Å². The number of urea groups is 1. The molecule has 0 aliphatic carbocycles. The van der Waals surface area contributed by atoms with Gasteiger partial charge in [-0.25, -0.2) is 4.79 Å². The van der Waals surface area contributed by atoms with Crippen molar-refractivity contribution >= 4 is 6.03 Å². The summed E-state index contributed by atoms with van der Waals surface area (Å²) in [7, 11) is 0. The van der Waals surface area contributed by atoms with Gasteiger partial charge in [-0.15, -0.1) is 0 Å². The van der Waals surface area contributed by atoms with Gasteiger partial charge in [0.2, 0.25) is 0 Å². The molecule has 2 N–H and O–H groups in total. The van der Waals surface area contributed by atoms with Gasteiger partial charge in [0.05, 0.1) is 0 Å². The van der Waals surface area contributed by atoms with Crippen LogP contribution in [-0.2, 0) is 11.3 Å². The van der Waals surface area contributed by atoms with Crippen LogP contribution in [0.5, 0.6) is 11.5 Å². The fourth-order valence-corrected chi connectivity index (χ4v) is 2.94. The number of aryl methyl sites for hydroxylation is 1. The van der Waals surface area contributed by atoms with Crippen molar-refractivity contribution < 1.29 is 14.3 Å². The highest BCUT2D eigenvalue weighted by molar-refractivity contribution is 5.73. The first-order valence-corrected chi connectivity index (χ1v) is 9.12. The number of ether oxygens (including phenoxy) is 2. The second-order valence-corrected chi connectivity index (χ2v) is 6.65. The van der Waals surface area contributed by atoms with Crippen molar-refractivity contribution in [1.29, 1.82) is 0 Å². The van der Waals surface area contributed by atoms with Crippen LogP contribution in [-0.4, -0.2) is 25.8 Å². The maximum absolute atomic E-state index is 12.1. The average molecular weight is 354 g/mol. The number of hydrogen-bond acceptors (Lipinski definition) is 3. The molecule has 2 aromatic carbocycles. The molecular formula is C21H26N2O3. The molecule has 1 fully saturated rings. The van der Waals surface area contributed by atoms with E-state index in [0.717, 1.165) is 48.7 Å². The number of amides is 2. The van der Waals surface area contributed by atoms with Crippen molar-refractivity contribution in [3.05, 3.63) is 59.7 Å². The second-order valence-electron chi connectivity index (χ2n) is 6.65. The number of benzene rings is 2. The lowest BCUT2D eigenvalue weighted by Gasteiger charge is -2.22. The van der Waals surface area contributed by atoms with Gasteiger partial charge < -0.3 is 20.1 Å². The molecule has 0 aromatic heterocycles. The Morgan fingerprint density at radius 2 is 1.88 bits per heavy atom. The van der Waals surface area contributed by atoms with Crippen LogP contribution >= 0.6 is 0 Å². The minimum atomic E-state index is -0.150. The van der Waals surface area contributed by atoms with Gasteiger partial charge in [-0.3, -0.25) is 0 Å². The van der Waals surface area contributed by atoms with Crippen molar-refractivity contribution in [3.63, 3.8) is 0 Å². The maximum Gasteiger partial charge on any atom is 0.315 e. The summed E-state index contributed by atoms with van der Waals surface area (Å²) in [5, 5.41) is 5.88. The summed E-state index contributed by atoms with van der Waals surface area (Å²) in [6.45, 7) is 4.71. The van der Waals surface area contributed by atoms with Gasteiger partial charge in [-0.2, -0.15) is 0 Å². The van der Waals surface area contributed by atoms with Crippen molar-refractivity contribution in [1.82, 2.24) is 10.6 Å². The number of hydrogen-bond donors (Lipinski definition) is 2. The lowest BCUT2D eigenvalue weighted by Crippen LogP contribution is -2.39. The van der Waals surface area contributed by atoms with E-state index in [4.69, 9.17) is 9.47 Å². The fourth-order valence-electron chi connectivity index (χ4n) is 2.94. The highest BCUT2D eigenvalue weighted by Gasteiger charge is 2.14. The highest BCUT2D eigenvalue weighted by Crippen LogP contribution is 2.26. The molecule has 1 saturated heterocycles. The first-order chi connectivity index (χ1) is 12.7. The molecular weight excluding hydrogens is 328 g/mol. The number of nitrogens with one attached hydrogen (secondary N) is 2. The first-order valence-electron chi connectivity index (χ1n) is 9.12. The summed E-state index contributed by atoms with van der Waals surface area (Å²) in [4.78, 5) is 12.1. The maximum atomic E-state index is 12.1. The smallest absolute Gasteiger partial charge is 0.315 e. The van der Waals surface area contributed by atoms with E-state index in [-0.39, 0.29) is 6.03 Å². The molecule has 5 heteroatoms. The molecule has 0 unspecified atom stereocenters. The van der Waals surface area contributed by atoms with Crippen molar-refractivity contribution in [3.8, 4) is 11.5 Å². The summed E-state index contributed by atoms with van der Waals surface area (Å²) in [6, 6.07) is 15.5. The Labute approximate surface area is 154 Å². The minimum absolute atomic E-state index is 0.150. The van der Waals surface area contributed by atoms with E-state index in [1.807, 2.05) is 55.5 Å². The zero-order valence-corrected chi connectivity index (χ0v) is 15.2. The highest BCUT2D eigenvalue weighted by atomic mass is 16.5. The molecule has 0 saturated carbocycles. The number of rotatable bonds is 6. The molecule has 0 radical (unpaired) electrons. The summed E-state index contributed by atoms with van der Waals surface area (Å²) in [5.74, 6) is 2.05. The summed E-state index contributed by atoms with van der Waals surface area (Å²) in [5.41, 5.74) is 2.06. The van der Waals surface area contributed by atoms with Crippen LogP contribution in [0.2, 0.25) is 0 Å². The van der Waals surface area contributed by atoms with Gasteiger partial charge in [0.25, 0.3) is 0 Å². The Bertz CT molecular complexity index is 712. The molecule has 138 valence electrons. The van der Waals surface area contributed by atoms with Crippen LogP contribution in [0.25, 0.3) is 0 Å². The van der Waals surface area contributed by atoms with Crippen molar-refractivity contribution in [2.45, 2.75) is 26.3 Å². The Kier molecular flexibility index (Phi) is 6.50. The predicted molar refractivity (Wildman–Crippen MR) is 101 cm³/mol. The molecule has 0 spiro atoms. The van der Waals surface area contributed by atoms with E-state index >= 15 is 0 Å². The standard InChI is InChI=1S/C21H26N2O3/c1-16-7-8-18(20(13-16)26-19-5-3-2-4-6-19)15-23-21(24)22-14-17-9-11-25-12-10-17/h2-8,13,17H,9-12,14-15H2,1H3,(H2,22,23,24). The third-order valence-corrected chi connectivity index (χ3v) is 4.53. The Morgan fingerprint density at radius 3 is 2.65 bits per heavy atom. The topological polar surface area (TPSA) is 59.6 Å². The van der Waals surface area contributed by atoms with E-state index < -0.39 is 0 Å². The SMILES string of the molecule is Cc1ccc(CNC(=O)NCC2CCOCC2)c(Oc2ccccc2)c1. The van der Waals surface area contributed by atoms with E-state index in [9.17, 15) is 4.79 Å². The Morgan fingerprint density at radius 1 is 1.12 bits per heavy atom. The molecule has 3 rings (SSSR count). The van der Waals surface area contributed by atoms with Gasteiger partial charge in [0.15, 0.2) is 0 Å². The normalized spacial score (nSPS) is 14.7. The van der Waals surface area contributed by atoms with Crippen LogP contribution in [0.15, 0.2) is 48.5 Å². The molecule has 0 atom stereocenters. The lowest BCUT2D eigenvalue weighted by molar-refractivity contribution is 0.0669. The van der Waals surface area contributed by atoms with Crippen LogP contribution in [0.3, 0.4) is 0 Å². The molecule has 0 bridgehead atoms. The molecule has 1 aliphatic heterocycles. The third-order valence-electron chi connectivity index (χ3n) is 4.53. The zero-order valence-electron chi connectivity index (χ0n) is 15.2. The molecule has 2 amide bonds. The number of para-hydroxylation sites is 1. The zero-order chi connectivity index (χ0) is 18.2. The molecule has 5 nitrogen and oxygen atoms in total. The van der Waals surface area contributed by atoms with Gasteiger partial charge in [0, 0.05) is 31.9 Å². The van der Waals surface area contributed by atoms with E-state index in [1.54, 1.807) is 0 Å². The van der Waals surface area contributed by atoms with Crippen LogP contribution < -0.4 is 15.4 Å². The number of carbonyl (C=O) groups is 1. The monoisotopic (exact) mass is 354 g/mol. The van der Waals surface area contributed by atoms with E-state index in [0.29, 0.717) is 19.0 Å². The average Bonchev–Trinajstić information content (AvgIpc) is 2.67. The second kappa shape index (κ2) is 9.25. The minimum Gasteiger partial charge on any atom is -0.457 e. The quantitative estimate of drug-likeness (QED) is 0.824. The third kappa shape index (κ3) is 5.49. The summed E-state index contributed by atoms with van der Waals surface area (Å²) < 4.78 is 11.3. The van der Waals surface area contributed by atoms with Gasteiger partial charge in [-0.05, 0) is 49.4 Å². The van der Waals surface area contributed by atoms with Crippen molar-refractivity contribution in [2.75, 3.05) is 19.8 Å². The molecule has 1 aliphatic rings. The summed E-state index contributed by atoms with van der Waals surface area (Å²) >= 11 is 0. The summed E-state index contributed by atoms with van der Waals surface area (Å²) in [6.07, 6.45) is 2.01. The van der Waals surface area contributed by atoms with E-state index in [2.05, 4.69) is 10.6 Å². The van der Waals surface area contributed by atoms with Crippen LogP contribution in [0.1, 0.15) is 24.0 Å². The predicted octanol–water partition coefficient (Wildman–Crippen LogP) is 4.01. The molecule has 1 heterocycles. The fraction of sp³-hybridized carbons (Fsp3) is 0.381. The lowest BCUT2D eigenvalue weighted by atomic mass is 10.0. The Balaban J connectivity index is 1.54. The Hall–Kier alpha value is -2.53. The molecule has 2 aromatic rings. The van der Waals surface area contributed by atoms with E-state index in [1.165, 1.54) is 0 Å². The van der Waals surface area contributed by atoms with Gasteiger partial charge >= 0.3 is 6.03 Å². The molecule has 26 heavy (non-hydrogen) atoms. The number of carbonyl (C=O) groups excluding carboxylic acids is 1. The van der Waals surface area contributed by atoms with Crippen LogP contribution in [0.4, 0.5) is 4.79 Å². The van der Waals surface area contributed by atoms with Gasteiger partial charge in [0.1, 0.15) is 11.5 Å². The first kappa shape index (κ1) is 18.3. The largest absolute Gasteiger partial charge is 0.457 e.